The minimum atomic E-state index is -0.400. The highest BCUT2D eigenvalue weighted by Crippen LogP contribution is 2.29. The maximum atomic E-state index is 11.2. The number of rotatable bonds is 6. The van der Waals surface area contributed by atoms with E-state index >= 15 is 0 Å². The van der Waals surface area contributed by atoms with Gasteiger partial charge in [0.25, 0.3) is 0 Å². The number of amides is 2. The van der Waals surface area contributed by atoms with Gasteiger partial charge in [-0.1, -0.05) is 6.08 Å². The number of carbonyl (C=O) groups is 1. The van der Waals surface area contributed by atoms with Crippen LogP contribution in [0.15, 0.2) is 12.3 Å². The van der Waals surface area contributed by atoms with E-state index in [0.29, 0.717) is 12.5 Å². The maximum absolute atomic E-state index is 11.2. The molecule has 2 N–H and O–H groups in total. The molecule has 1 fully saturated rings. The van der Waals surface area contributed by atoms with E-state index in [-0.39, 0.29) is 6.03 Å². The third-order valence-corrected chi connectivity index (χ3v) is 2.16. The van der Waals surface area contributed by atoms with Gasteiger partial charge in [-0.2, -0.15) is 0 Å². The van der Waals surface area contributed by atoms with Crippen molar-refractivity contribution in [3.8, 4) is 0 Å². The summed E-state index contributed by atoms with van der Waals surface area (Å²) >= 11 is 0. The van der Waals surface area contributed by atoms with Gasteiger partial charge in [-0.25, -0.2) is 4.79 Å². The van der Waals surface area contributed by atoms with Crippen molar-refractivity contribution >= 4 is 6.03 Å². The van der Waals surface area contributed by atoms with Crippen LogP contribution in [-0.4, -0.2) is 33.1 Å². The Morgan fingerprint density at radius 1 is 1.47 bits per heavy atom. The highest BCUT2D eigenvalue weighted by Gasteiger charge is 2.17. The monoisotopic (exact) mass is 214 g/mol. The SMILES string of the molecule is COC(CNC(=O)N/C=C/C1CC1)OC. The molecule has 0 aliphatic heterocycles. The Kier molecular flexibility index (Phi) is 5.14. The van der Waals surface area contributed by atoms with E-state index in [4.69, 9.17) is 9.47 Å². The predicted molar refractivity (Wildman–Crippen MR) is 56.2 cm³/mol. The summed E-state index contributed by atoms with van der Waals surface area (Å²) in [6.45, 7) is 0.329. The summed E-state index contributed by atoms with van der Waals surface area (Å²) in [7, 11) is 3.06. The molecule has 0 aromatic carbocycles. The van der Waals surface area contributed by atoms with Crippen molar-refractivity contribution in [2.45, 2.75) is 19.1 Å². The summed E-state index contributed by atoms with van der Waals surface area (Å²) in [5.41, 5.74) is 0. The molecule has 86 valence electrons. The molecule has 0 saturated heterocycles. The molecule has 0 unspecified atom stereocenters. The number of hydrogen-bond donors (Lipinski definition) is 2. The summed E-state index contributed by atoms with van der Waals surface area (Å²) in [5, 5.41) is 5.24. The number of hydrogen-bond acceptors (Lipinski definition) is 3. The molecule has 0 radical (unpaired) electrons. The molecule has 0 heterocycles. The van der Waals surface area contributed by atoms with E-state index in [1.165, 1.54) is 27.1 Å². The second kappa shape index (κ2) is 6.42. The highest BCUT2D eigenvalue weighted by molar-refractivity contribution is 5.74. The normalized spacial score (nSPS) is 15.9. The van der Waals surface area contributed by atoms with E-state index in [1.54, 1.807) is 6.20 Å². The molecule has 1 rings (SSSR count). The lowest BCUT2D eigenvalue weighted by Gasteiger charge is -2.13. The van der Waals surface area contributed by atoms with Crippen LogP contribution in [-0.2, 0) is 9.47 Å². The van der Waals surface area contributed by atoms with Crippen LogP contribution in [0, 0.1) is 5.92 Å². The molecule has 0 aromatic rings. The van der Waals surface area contributed by atoms with E-state index in [9.17, 15) is 4.79 Å². The lowest BCUT2D eigenvalue weighted by Crippen LogP contribution is -2.38. The zero-order valence-electron chi connectivity index (χ0n) is 9.16. The van der Waals surface area contributed by atoms with Crippen LogP contribution in [0.25, 0.3) is 0 Å². The Morgan fingerprint density at radius 2 is 2.13 bits per heavy atom. The summed E-state index contributed by atoms with van der Waals surface area (Å²) in [6, 6.07) is -0.244. The molecular weight excluding hydrogens is 196 g/mol. The molecular formula is C10H18N2O3. The van der Waals surface area contributed by atoms with Gasteiger partial charge in [0.05, 0.1) is 6.54 Å². The fourth-order valence-electron chi connectivity index (χ4n) is 1.04. The van der Waals surface area contributed by atoms with Gasteiger partial charge in [-0.3, -0.25) is 0 Å². The molecule has 1 aliphatic rings. The second-order valence-corrected chi connectivity index (χ2v) is 3.45. The molecule has 0 atom stereocenters. The zero-order valence-corrected chi connectivity index (χ0v) is 9.16. The van der Waals surface area contributed by atoms with Gasteiger partial charge in [0.1, 0.15) is 0 Å². The third-order valence-electron chi connectivity index (χ3n) is 2.16. The van der Waals surface area contributed by atoms with E-state index in [1.807, 2.05) is 6.08 Å². The molecule has 15 heavy (non-hydrogen) atoms. The van der Waals surface area contributed by atoms with Crippen molar-refractivity contribution < 1.29 is 14.3 Å². The molecule has 1 saturated carbocycles. The van der Waals surface area contributed by atoms with Gasteiger partial charge in [0, 0.05) is 20.4 Å². The molecule has 5 heteroatoms. The number of urea groups is 1. The van der Waals surface area contributed by atoms with Crippen LogP contribution in [0.5, 0.6) is 0 Å². The topological polar surface area (TPSA) is 59.6 Å². The number of nitrogens with one attached hydrogen (secondary N) is 2. The second-order valence-electron chi connectivity index (χ2n) is 3.45. The Balaban J connectivity index is 2.06. The average molecular weight is 214 g/mol. The summed E-state index contributed by atoms with van der Waals surface area (Å²) < 4.78 is 9.84. The first-order chi connectivity index (χ1) is 7.26. The van der Waals surface area contributed by atoms with Crippen LogP contribution >= 0.6 is 0 Å². The van der Waals surface area contributed by atoms with Crippen molar-refractivity contribution in [2.75, 3.05) is 20.8 Å². The van der Waals surface area contributed by atoms with Crippen molar-refractivity contribution in [1.29, 1.82) is 0 Å². The average Bonchev–Trinajstić information content (AvgIpc) is 3.03. The minimum Gasteiger partial charge on any atom is -0.354 e. The van der Waals surface area contributed by atoms with E-state index < -0.39 is 6.29 Å². The van der Waals surface area contributed by atoms with Crippen molar-refractivity contribution in [3.05, 3.63) is 12.3 Å². The standard InChI is InChI=1S/C10H18N2O3/c1-14-9(15-2)7-12-10(13)11-6-5-8-3-4-8/h5-6,8-9H,3-4,7H2,1-2H3,(H2,11,12,13)/b6-5+. The Morgan fingerprint density at radius 3 is 2.67 bits per heavy atom. The molecule has 0 bridgehead atoms. The molecule has 0 spiro atoms. The number of ether oxygens (including phenoxy) is 2. The van der Waals surface area contributed by atoms with Gasteiger partial charge in [0.15, 0.2) is 6.29 Å². The fraction of sp³-hybridized carbons (Fsp3) is 0.700. The number of carbonyl (C=O) groups excluding carboxylic acids is 1. The third kappa shape index (κ3) is 5.39. The van der Waals surface area contributed by atoms with Crippen molar-refractivity contribution in [1.82, 2.24) is 10.6 Å². The maximum Gasteiger partial charge on any atom is 0.318 e. The first-order valence-electron chi connectivity index (χ1n) is 5.03. The van der Waals surface area contributed by atoms with Crippen LogP contribution in [0.4, 0.5) is 4.79 Å². The van der Waals surface area contributed by atoms with Crippen LogP contribution in [0.2, 0.25) is 0 Å². The Labute approximate surface area is 89.8 Å². The molecule has 5 nitrogen and oxygen atoms in total. The van der Waals surface area contributed by atoms with Gasteiger partial charge >= 0.3 is 6.03 Å². The number of allylic oxidation sites excluding steroid dienone is 1. The first kappa shape index (κ1) is 12.0. The first-order valence-corrected chi connectivity index (χ1v) is 5.03. The highest BCUT2D eigenvalue weighted by atomic mass is 16.7. The predicted octanol–water partition coefficient (Wildman–Crippen LogP) is 0.828. The zero-order chi connectivity index (χ0) is 11.1. The fourth-order valence-corrected chi connectivity index (χ4v) is 1.04. The molecule has 2 amide bonds. The van der Waals surface area contributed by atoms with Gasteiger partial charge in [-0.15, -0.1) is 0 Å². The lowest BCUT2D eigenvalue weighted by atomic mass is 10.4. The quantitative estimate of drug-likeness (QED) is 0.644. The number of methoxy groups -OCH3 is 2. The minimum absolute atomic E-state index is 0.244. The van der Waals surface area contributed by atoms with Gasteiger partial charge in [-0.05, 0) is 18.8 Å². The van der Waals surface area contributed by atoms with Gasteiger partial charge in [0.2, 0.25) is 0 Å². The Hall–Kier alpha value is -1.07. The summed E-state index contributed by atoms with van der Waals surface area (Å²) in [4.78, 5) is 11.2. The summed E-state index contributed by atoms with van der Waals surface area (Å²) in [6.07, 6.45) is 5.75. The van der Waals surface area contributed by atoms with Crippen molar-refractivity contribution in [3.63, 3.8) is 0 Å². The van der Waals surface area contributed by atoms with Gasteiger partial charge < -0.3 is 20.1 Å². The van der Waals surface area contributed by atoms with Crippen LogP contribution in [0.3, 0.4) is 0 Å². The molecule has 0 aromatic heterocycles. The van der Waals surface area contributed by atoms with Crippen LogP contribution in [0.1, 0.15) is 12.8 Å². The van der Waals surface area contributed by atoms with E-state index in [2.05, 4.69) is 10.6 Å². The summed E-state index contributed by atoms with van der Waals surface area (Å²) in [5.74, 6) is 0.663. The van der Waals surface area contributed by atoms with Crippen LogP contribution < -0.4 is 10.6 Å². The Bertz CT molecular complexity index is 223. The lowest BCUT2D eigenvalue weighted by molar-refractivity contribution is -0.0971. The smallest absolute Gasteiger partial charge is 0.318 e. The van der Waals surface area contributed by atoms with Crippen molar-refractivity contribution in [2.24, 2.45) is 5.92 Å². The van der Waals surface area contributed by atoms with E-state index in [0.717, 1.165) is 0 Å². The molecule has 1 aliphatic carbocycles. The largest absolute Gasteiger partial charge is 0.354 e.